The van der Waals surface area contributed by atoms with E-state index in [1.54, 1.807) is 18.2 Å². The van der Waals surface area contributed by atoms with Crippen LogP contribution in [-0.4, -0.2) is 28.1 Å². The molecule has 0 fully saturated rings. The average Bonchev–Trinajstić information content (AvgIpc) is 3.35. The molecule has 0 bridgehead atoms. The van der Waals surface area contributed by atoms with Gasteiger partial charge < -0.3 is 9.09 Å². The molecule has 0 atom stereocenters. The summed E-state index contributed by atoms with van der Waals surface area (Å²) in [5, 5.41) is 3.98. The fourth-order valence-electron chi connectivity index (χ4n) is 2.90. The molecular weight excluding hydrogens is 378 g/mol. The summed E-state index contributed by atoms with van der Waals surface area (Å²) in [5.41, 5.74) is 2.68. The van der Waals surface area contributed by atoms with Crippen molar-refractivity contribution in [2.75, 3.05) is 0 Å². The number of benzene rings is 2. The van der Waals surface area contributed by atoms with Crippen molar-refractivity contribution in [2.45, 2.75) is 31.3 Å². The van der Waals surface area contributed by atoms with Gasteiger partial charge in [0, 0.05) is 12.1 Å². The van der Waals surface area contributed by atoms with Gasteiger partial charge in [-0.05, 0) is 36.8 Å². The SMILES string of the molecule is CCCn1cnc2ccc(-c3noc(CNS(=O)(=O)c4ccccc4)n3)cc21. The summed E-state index contributed by atoms with van der Waals surface area (Å²) < 4.78 is 34.3. The van der Waals surface area contributed by atoms with E-state index in [4.69, 9.17) is 4.52 Å². The van der Waals surface area contributed by atoms with Crippen LogP contribution in [0.25, 0.3) is 22.4 Å². The van der Waals surface area contributed by atoms with E-state index >= 15 is 0 Å². The Morgan fingerprint density at radius 3 is 2.75 bits per heavy atom. The fourth-order valence-corrected chi connectivity index (χ4v) is 3.89. The molecule has 0 radical (unpaired) electrons. The zero-order valence-electron chi connectivity index (χ0n) is 15.2. The minimum Gasteiger partial charge on any atom is -0.338 e. The summed E-state index contributed by atoms with van der Waals surface area (Å²) in [6.07, 6.45) is 2.82. The predicted molar refractivity (Wildman–Crippen MR) is 104 cm³/mol. The molecule has 144 valence electrons. The van der Waals surface area contributed by atoms with Gasteiger partial charge in [-0.25, -0.2) is 18.1 Å². The van der Waals surface area contributed by atoms with E-state index in [1.165, 1.54) is 12.1 Å². The molecule has 0 aliphatic carbocycles. The van der Waals surface area contributed by atoms with Gasteiger partial charge in [0.05, 0.1) is 28.8 Å². The van der Waals surface area contributed by atoms with Gasteiger partial charge in [-0.3, -0.25) is 0 Å². The third-order valence-corrected chi connectivity index (χ3v) is 5.70. The van der Waals surface area contributed by atoms with Gasteiger partial charge >= 0.3 is 0 Å². The molecule has 0 unspecified atom stereocenters. The number of rotatable bonds is 7. The van der Waals surface area contributed by atoms with Crippen LogP contribution in [-0.2, 0) is 23.1 Å². The quantitative estimate of drug-likeness (QED) is 0.514. The Labute approximate surface area is 162 Å². The van der Waals surface area contributed by atoms with Crippen molar-refractivity contribution < 1.29 is 12.9 Å². The second kappa shape index (κ2) is 7.53. The third kappa shape index (κ3) is 3.67. The van der Waals surface area contributed by atoms with Gasteiger partial charge in [-0.15, -0.1) is 0 Å². The van der Waals surface area contributed by atoms with Crippen LogP contribution in [0.15, 0.2) is 64.3 Å². The smallest absolute Gasteiger partial charge is 0.242 e. The first-order valence-electron chi connectivity index (χ1n) is 8.89. The fraction of sp³-hybridized carbons (Fsp3) is 0.211. The number of imidazole rings is 1. The molecule has 0 spiro atoms. The first-order valence-corrected chi connectivity index (χ1v) is 10.4. The zero-order chi connectivity index (χ0) is 19.6. The number of fused-ring (bicyclic) bond motifs is 1. The van der Waals surface area contributed by atoms with Crippen molar-refractivity contribution in [1.82, 2.24) is 24.4 Å². The lowest BCUT2D eigenvalue weighted by Gasteiger charge is -2.03. The highest BCUT2D eigenvalue weighted by Crippen LogP contribution is 2.22. The third-order valence-electron chi connectivity index (χ3n) is 4.28. The summed E-state index contributed by atoms with van der Waals surface area (Å²) in [7, 11) is -3.64. The van der Waals surface area contributed by atoms with Crippen molar-refractivity contribution in [1.29, 1.82) is 0 Å². The van der Waals surface area contributed by atoms with Crippen LogP contribution in [0, 0.1) is 0 Å². The molecule has 28 heavy (non-hydrogen) atoms. The molecule has 8 nitrogen and oxygen atoms in total. The van der Waals surface area contributed by atoms with Gasteiger partial charge in [-0.2, -0.15) is 4.98 Å². The van der Waals surface area contributed by atoms with E-state index in [0.717, 1.165) is 29.6 Å². The molecule has 0 aliphatic rings. The Morgan fingerprint density at radius 2 is 1.96 bits per heavy atom. The second-order valence-corrected chi connectivity index (χ2v) is 8.06. The Morgan fingerprint density at radius 1 is 1.14 bits per heavy atom. The lowest BCUT2D eigenvalue weighted by molar-refractivity contribution is 0.376. The molecule has 0 saturated heterocycles. The normalized spacial score (nSPS) is 11.9. The largest absolute Gasteiger partial charge is 0.338 e. The summed E-state index contributed by atoms with van der Waals surface area (Å²) in [4.78, 5) is 8.88. The lowest BCUT2D eigenvalue weighted by Crippen LogP contribution is -2.23. The van der Waals surface area contributed by atoms with E-state index in [9.17, 15) is 8.42 Å². The Hall–Kier alpha value is -3.04. The van der Waals surface area contributed by atoms with Crippen LogP contribution in [0.4, 0.5) is 0 Å². The van der Waals surface area contributed by atoms with Crippen LogP contribution < -0.4 is 4.72 Å². The van der Waals surface area contributed by atoms with Crippen molar-refractivity contribution in [2.24, 2.45) is 0 Å². The van der Waals surface area contributed by atoms with Gasteiger partial charge in [0.25, 0.3) is 0 Å². The maximum atomic E-state index is 12.3. The standard InChI is InChI=1S/C19H19N5O3S/c1-2-10-24-13-20-16-9-8-14(11-17(16)24)19-22-18(27-23-19)12-21-28(25,26)15-6-4-3-5-7-15/h3-9,11,13,21H,2,10,12H2,1H3. The van der Waals surface area contributed by atoms with Crippen LogP contribution in [0.2, 0.25) is 0 Å². The van der Waals surface area contributed by atoms with Gasteiger partial charge in [0.15, 0.2) is 0 Å². The Balaban J connectivity index is 1.53. The van der Waals surface area contributed by atoms with Crippen molar-refractivity contribution in [3.63, 3.8) is 0 Å². The highest BCUT2D eigenvalue weighted by atomic mass is 32.2. The minimum absolute atomic E-state index is 0.0831. The predicted octanol–water partition coefficient (Wildman–Crippen LogP) is 2.97. The molecule has 0 saturated carbocycles. The van der Waals surface area contributed by atoms with Crippen molar-refractivity contribution in [3.05, 3.63) is 60.7 Å². The highest BCUT2D eigenvalue weighted by Gasteiger charge is 2.16. The molecule has 9 heteroatoms. The van der Waals surface area contributed by atoms with E-state index in [2.05, 4.69) is 31.3 Å². The average molecular weight is 397 g/mol. The minimum atomic E-state index is -3.64. The lowest BCUT2D eigenvalue weighted by atomic mass is 10.2. The number of nitrogens with zero attached hydrogens (tertiary/aromatic N) is 4. The molecular formula is C19H19N5O3S. The molecule has 4 aromatic rings. The molecule has 0 amide bonds. The van der Waals surface area contributed by atoms with Gasteiger partial charge in [-0.1, -0.05) is 30.3 Å². The maximum Gasteiger partial charge on any atom is 0.242 e. The molecule has 2 heterocycles. The summed E-state index contributed by atoms with van der Waals surface area (Å²) in [5.74, 6) is 0.594. The first kappa shape index (κ1) is 18.3. The van der Waals surface area contributed by atoms with Crippen LogP contribution in [0.3, 0.4) is 0 Å². The van der Waals surface area contributed by atoms with E-state index in [1.807, 2.05) is 24.5 Å². The number of hydrogen-bond acceptors (Lipinski definition) is 6. The summed E-state index contributed by atoms with van der Waals surface area (Å²) in [6.45, 7) is 2.90. The molecule has 1 N–H and O–H groups in total. The maximum absolute atomic E-state index is 12.3. The van der Waals surface area contributed by atoms with E-state index in [-0.39, 0.29) is 17.3 Å². The second-order valence-electron chi connectivity index (χ2n) is 6.29. The highest BCUT2D eigenvalue weighted by molar-refractivity contribution is 7.89. The van der Waals surface area contributed by atoms with E-state index in [0.29, 0.717) is 5.82 Å². The molecule has 4 rings (SSSR count). The topological polar surface area (TPSA) is 103 Å². The number of aromatic nitrogens is 4. The number of hydrogen-bond donors (Lipinski definition) is 1. The Bertz CT molecular complexity index is 1200. The summed E-state index contributed by atoms with van der Waals surface area (Å²) in [6, 6.07) is 13.9. The van der Waals surface area contributed by atoms with Gasteiger partial charge in [0.2, 0.25) is 21.7 Å². The Kier molecular flexibility index (Phi) is 4.93. The zero-order valence-corrected chi connectivity index (χ0v) is 16.1. The van der Waals surface area contributed by atoms with Gasteiger partial charge in [0.1, 0.15) is 0 Å². The van der Waals surface area contributed by atoms with Crippen molar-refractivity contribution in [3.8, 4) is 11.4 Å². The molecule has 2 aromatic heterocycles. The van der Waals surface area contributed by atoms with Crippen LogP contribution in [0.5, 0.6) is 0 Å². The van der Waals surface area contributed by atoms with E-state index < -0.39 is 10.0 Å². The number of sulfonamides is 1. The number of aryl methyl sites for hydroxylation is 1. The molecule has 0 aliphatic heterocycles. The molecule has 2 aromatic carbocycles. The van der Waals surface area contributed by atoms with Crippen LogP contribution in [0.1, 0.15) is 19.2 Å². The number of nitrogens with one attached hydrogen (secondary N) is 1. The monoisotopic (exact) mass is 397 g/mol. The first-order chi connectivity index (χ1) is 13.6. The van der Waals surface area contributed by atoms with Crippen LogP contribution >= 0.6 is 0 Å². The summed E-state index contributed by atoms with van der Waals surface area (Å²) >= 11 is 0. The van der Waals surface area contributed by atoms with Crippen molar-refractivity contribution >= 4 is 21.1 Å².